The summed E-state index contributed by atoms with van der Waals surface area (Å²) in [6, 6.07) is 31.7. The van der Waals surface area contributed by atoms with E-state index >= 15 is 0 Å². The Hall–Kier alpha value is -4.25. The van der Waals surface area contributed by atoms with Gasteiger partial charge >= 0.3 is 12.3 Å². The van der Waals surface area contributed by atoms with Gasteiger partial charge in [-0.2, -0.15) is 13.2 Å². The molecular weight excluding hydrogens is 629 g/mol. The van der Waals surface area contributed by atoms with Crippen molar-refractivity contribution in [2.24, 2.45) is 0 Å². The fourth-order valence-corrected chi connectivity index (χ4v) is 5.48. The summed E-state index contributed by atoms with van der Waals surface area (Å²) < 4.78 is 46.3. The molecule has 1 N–H and O–H groups in total. The molecule has 0 aliphatic carbocycles. The van der Waals surface area contributed by atoms with E-state index in [0.29, 0.717) is 31.6 Å². The lowest BCUT2D eigenvalue weighted by Gasteiger charge is -2.30. The fourth-order valence-electron chi connectivity index (χ4n) is 5.48. The third-order valence-electron chi connectivity index (χ3n) is 7.72. The summed E-state index contributed by atoms with van der Waals surface area (Å²) in [6.45, 7) is 8.79. The highest BCUT2D eigenvalue weighted by molar-refractivity contribution is 5.68. The van der Waals surface area contributed by atoms with E-state index in [1.54, 1.807) is 26.8 Å². The van der Waals surface area contributed by atoms with Crippen LogP contribution in [-0.4, -0.2) is 62.7 Å². The highest BCUT2D eigenvalue weighted by atomic mass is 19.4. The predicted molar refractivity (Wildman–Crippen MR) is 185 cm³/mol. The van der Waals surface area contributed by atoms with Gasteiger partial charge in [-0.05, 0) is 62.1 Å². The van der Waals surface area contributed by atoms with Crippen molar-refractivity contribution in [2.45, 2.75) is 71.7 Å². The summed E-state index contributed by atoms with van der Waals surface area (Å²) in [5.41, 5.74) is 3.12. The number of carbonyl (C=O) groups is 1. The summed E-state index contributed by atoms with van der Waals surface area (Å²) in [6.07, 6.45) is -4.59. The molecule has 0 atom stereocenters. The first-order valence-electron chi connectivity index (χ1n) is 16.6. The minimum atomic E-state index is -4.46. The van der Waals surface area contributed by atoms with Crippen LogP contribution in [0.1, 0.15) is 60.8 Å². The predicted octanol–water partition coefficient (Wildman–Crippen LogP) is 7.92. The lowest BCUT2D eigenvalue weighted by atomic mass is 10.1. The summed E-state index contributed by atoms with van der Waals surface area (Å²) >= 11 is 0. The molecule has 0 spiro atoms. The molecule has 0 fully saturated rings. The number of pyridine rings is 1. The Morgan fingerprint density at radius 2 is 1.20 bits per heavy atom. The zero-order chi connectivity index (χ0) is 35.3. The fraction of sp³-hybridized carbons (Fsp3) is 0.385. The monoisotopic (exact) mass is 676 g/mol. The van der Waals surface area contributed by atoms with E-state index in [0.717, 1.165) is 30.5 Å². The molecule has 10 heteroatoms. The van der Waals surface area contributed by atoms with Crippen molar-refractivity contribution in [1.29, 1.82) is 0 Å². The van der Waals surface area contributed by atoms with Gasteiger partial charge in [0.1, 0.15) is 5.60 Å². The van der Waals surface area contributed by atoms with E-state index in [2.05, 4.69) is 29.2 Å². The number of halogens is 3. The van der Waals surface area contributed by atoms with E-state index in [4.69, 9.17) is 9.72 Å². The quantitative estimate of drug-likeness (QED) is 0.130. The van der Waals surface area contributed by atoms with Crippen LogP contribution in [0.15, 0.2) is 103 Å². The molecule has 0 aliphatic heterocycles. The second-order valence-corrected chi connectivity index (χ2v) is 13.2. The second-order valence-electron chi connectivity index (χ2n) is 13.2. The van der Waals surface area contributed by atoms with Crippen molar-refractivity contribution < 1.29 is 27.8 Å². The zero-order valence-corrected chi connectivity index (χ0v) is 28.6. The number of carbonyl (C=O) groups excluding carboxylic acids is 1. The first-order chi connectivity index (χ1) is 23.4. The van der Waals surface area contributed by atoms with Gasteiger partial charge in [0, 0.05) is 59.0 Å². The number of nitrogens with zero attached hydrogens (tertiary/aromatic N) is 4. The Kier molecular flexibility index (Phi) is 13.8. The molecule has 0 aliphatic rings. The van der Waals surface area contributed by atoms with Crippen molar-refractivity contribution in [3.05, 3.63) is 137 Å². The number of ether oxygens (including phenoxy) is 1. The maximum Gasteiger partial charge on any atom is 0.416 e. The van der Waals surface area contributed by atoms with Gasteiger partial charge in [0.25, 0.3) is 0 Å². The maximum absolute atomic E-state index is 13.6. The van der Waals surface area contributed by atoms with Gasteiger partial charge in [-0.3, -0.25) is 14.8 Å². The number of rotatable bonds is 16. The van der Waals surface area contributed by atoms with E-state index in [1.807, 2.05) is 59.5 Å². The highest BCUT2D eigenvalue weighted by Crippen LogP contribution is 2.30. The van der Waals surface area contributed by atoms with Crippen LogP contribution >= 0.6 is 0 Å². The lowest BCUT2D eigenvalue weighted by Crippen LogP contribution is -2.42. The first kappa shape index (κ1) is 37.6. The van der Waals surface area contributed by atoms with Gasteiger partial charge in [-0.15, -0.1) is 0 Å². The van der Waals surface area contributed by atoms with E-state index < -0.39 is 23.4 Å². The number of benzene rings is 3. The minimum absolute atomic E-state index is 0.0878. The number of aromatic nitrogens is 1. The molecule has 3 aromatic carbocycles. The molecule has 49 heavy (non-hydrogen) atoms. The molecule has 0 radical (unpaired) electrons. The van der Waals surface area contributed by atoms with E-state index in [-0.39, 0.29) is 26.2 Å². The highest BCUT2D eigenvalue weighted by Gasteiger charge is 2.30. The molecule has 4 rings (SSSR count). The van der Waals surface area contributed by atoms with Crippen LogP contribution in [0, 0.1) is 0 Å². The molecule has 1 amide bonds. The second kappa shape index (κ2) is 17.9. The molecular formula is C39H47F3N4O3. The number of alkyl halides is 3. The number of hydrogen-bond donors (Lipinski definition) is 1. The van der Waals surface area contributed by atoms with E-state index in [1.165, 1.54) is 28.2 Å². The van der Waals surface area contributed by atoms with Gasteiger partial charge in [-0.25, -0.2) is 4.79 Å². The van der Waals surface area contributed by atoms with Crippen LogP contribution in [0.25, 0.3) is 0 Å². The standard InChI is InChI=1S/C39H47F3N4O3/c1-38(2,3)49-37(48)46(21-12-24-47)23-22-44(28-33-17-10-18-34(25-33)39(40,41)42)29-35-19-11-20-36(43-35)30-45(26-31-13-6-4-7-14-31)27-32-15-8-5-9-16-32/h4-11,13-20,25,47H,12,21-24,26-30H2,1-3H3. The maximum atomic E-state index is 13.6. The molecule has 7 nitrogen and oxygen atoms in total. The number of amides is 1. The van der Waals surface area contributed by atoms with Crippen LogP contribution in [-0.2, 0) is 43.6 Å². The molecule has 0 saturated heterocycles. The molecule has 1 aromatic heterocycles. The Morgan fingerprint density at radius 3 is 1.76 bits per heavy atom. The van der Waals surface area contributed by atoms with Crippen LogP contribution in [0.3, 0.4) is 0 Å². The van der Waals surface area contributed by atoms with Crippen LogP contribution < -0.4 is 0 Å². The largest absolute Gasteiger partial charge is 0.444 e. The Bertz CT molecular complexity index is 1540. The average molecular weight is 677 g/mol. The third-order valence-corrected chi connectivity index (χ3v) is 7.72. The van der Waals surface area contributed by atoms with Gasteiger partial charge in [-0.1, -0.05) is 84.9 Å². The SMILES string of the molecule is CC(C)(C)OC(=O)N(CCCO)CCN(Cc1cccc(C(F)(F)F)c1)Cc1cccc(CN(Cc2ccccc2)Cc2ccccc2)n1. The molecule has 1 heterocycles. The molecule has 0 bridgehead atoms. The van der Waals surface area contributed by atoms with E-state index in [9.17, 15) is 23.1 Å². The Morgan fingerprint density at radius 1 is 0.673 bits per heavy atom. The van der Waals surface area contributed by atoms with Gasteiger partial charge in [0.15, 0.2) is 0 Å². The van der Waals surface area contributed by atoms with Gasteiger partial charge in [0.05, 0.1) is 17.0 Å². The molecule has 262 valence electrons. The minimum Gasteiger partial charge on any atom is -0.444 e. The van der Waals surface area contributed by atoms with Gasteiger partial charge in [0.2, 0.25) is 0 Å². The van der Waals surface area contributed by atoms with Gasteiger partial charge < -0.3 is 14.7 Å². The first-order valence-corrected chi connectivity index (χ1v) is 16.6. The topological polar surface area (TPSA) is 69.1 Å². The van der Waals surface area contributed by atoms with Crippen LogP contribution in [0.4, 0.5) is 18.0 Å². The number of aliphatic hydroxyl groups is 1. The van der Waals surface area contributed by atoms with Crippen molar-refractivity contribution in [1.82, 2.24) is 19.7 Å². The number of hydrogen-bond acceptors (Lipinski definition) is 6. The molecule has 4 aromatic rings. The summed E-state index contributed by atoms with van der Waals surface area (Å²) in [5, 5.41) is 9.45. The zero-order valence-electron chi connectivity index (χ0n) is 28.6. The normalized spacial score (nSPS) is 12.0. The van der Waals surface area contributed by atoms with Crippen molar-refractivity contribution >= 4 is 6.09 Å². The van der Waals surface area contributed by atoms with Crippen molar-refractivity contribution in [2.75, 3.05) is 26.2 Å². The van der Waals surface area contributed by atoms with Crippen LogP contribution in [0.5, 0.6) is 0 Å². The summed E-state index contributed by atoms with van der Waals surface area (Å²) in [7, 11) is 0. The third kappa shape index (κ3) is 13.3. The van der Waals surface area contributed by atoms with Crippen LogP contribution in [0.2, 0.25) is 0 Å². The smallest absolute Gasteiger partial charge is 0.416 e. The Labute approximate surface area is 288 Å². The Balaban J connectivity index is 1.55. The molecule has 0 unspecified atom stereocenters. The number of aliphatic hydroxyl groups excluding tert-OH is 1. The lowest BCUT2D eigenvalue weighted by molar-refractivity contribution is -0.137. The van der Waals surface area contributed by atoms with Crippen molar-refractivity contribution in [3.63, 3.8) is 0 Å². The summed E-state index contributed by atoms with van der Waals surface area (Å²) in [5.74, 6) is 0. The summed E-state index contributed by atoms with van der Waals surface area (Å²) in [4.78, 5) is 23.9. The molecule has 0 saturated carbocycles. The van der Waals surface area contributed by atoms with Crippen molar-refractivity contribution in [3.8, 4) is 0 Å². The average Bonchev–Trinajstić information content (AvgIpc) is 3.05.